The first kappa shape index (κ1) is 16.2. The predicted molar refractivity (Wildman–Crippen MR) is 93.3 cm³/mol. The Morgan fingerprint density at radius 2 is 1.72 bits per heavy atom. The number of hydrogen-bond donors (Lipinski definition) is 0. The van der Waals surface area contributed by atoms with Gasteiger partial charge in [0.1, 0.15) is 5.82 Å². The van der Waals surface area contributed by atoms with E-state index in [2.05, 4.69) is 9.88 Å². The van der Waals surface area contributed by atoms with E-state index >= 15 is 0 Å². The highest BCUT2D eigenvalue weighted by Crippen LogP contribution is 2.48. The number of carbonyl (C=O) groups excluding carboxylic acids is 1. The number of hydrogen-bond acceptors (Lipinski definition) is 3. The number of benzene rings is 1. The van der Waals surface area contributed by atoms with E-state index in [1.165, 1.54) is 17.7 Å². The average molecular weight is 339 g/mol. The summed E-state index contributed by atoms with van der Waals surface area (Å²) in [4.78, 5) is 21.1. The summed E-state index contributed by atoms with van der Waals surface area (Å²) in [6, 6.07) is 10.6. The number of pyridine rings is 1. The van der Waals surface area contributed by atoms with Gasteiger partial charge in [-0.1, -0.05) is 12.1 Å². The molecule has 2 atom stereocenters. The predicted octanol–water partition coefficient (Wildman–Crippen LogP) is 2.67. The van der Waals surface area contributed by atoms with E-state index in [-0.39, 0.29) is 23.6 Å². The highest BCUT2D eigenvalue weighted by atomic mass is 19.1. The molecule has 1 amide bonds. The van der Waals surface area contributed by atoms with Gasteiger partial charge in [-0.05, 0) is 47.7 Å². The van der Waals surface area contributed by atoms with Crippen LogP contribution < -0.4 is 0 Å². The summed E-state index contributed by atoms with van der Waals surface area (Å²) >= 11 is 0. The van der Waals surface area contributed by atoms with Crippen molar-refractivity contribution < 1.29 is 9.18 Å². The summed E-state index contributed by atoms with van der Waals surface area (Å²) < 4.78 is 13.0. The second kappa shape index (κ2) is 6.92. The number of halogens is 1. The van der Waals surface area contributed by atoms with E-state index in [1.807, 2.05) is 29.4 Å². The van der Waals surface area contributed by atoms with Crippen molar-refractivity contribution in [1.29, 1.82) is 0 Å². The van der Waals surface area contributed by atoms with Crippen molar-refractivity contribution in [2.45, 2.75) is 18.9 Å². The van der Waals surface area contributed by atoms with Crippen LogP contribution in [0.3, 0.4) is 0 Å². The molecule has 5 heteroatoms. The lowest BCUT2D eigenvalue weighted by Crippen LogP contribution is -2.48. The largest absolute Gasteiger partial charge is 0.340 e. The number of piperazine rings is 1. The standard InChI is InChI=1S/C20H22FN3O/c21-17-3-1-16(2-4-17)18-13-19(18)20(25)24-11-9-23(10-12-24)14-15-5-7-22-8-6-15/h1-8,18-19H,9-14H2/t18-,19+/m0/s1. The third-order valence-corrected chi connectivity index (χ3v) is 5.25. The molecular weight excluding hydrogens is 317 g/mol. The van der Waals surface area contributed by atoms with Gasteiger partial charge in [0.05, 0.1) is 0 Å². The van der Waals surface area contributed by atoms with Gasteiger partial charge in [0, 0.05) is 51.0 Å². The summed E-state index contributed by atoms with van der Waals surface area (Å²) in [7, 11) is 0. The van der Waals surface area contributed by atoms with Crippen LogP contribution in [-0.4, -0.2) is 46.9 Å². The van der Waals surface area contributed by atoms with E-state index in [9.17, 15) is 9.18 Å². The molecule has 0 bridgehead atoms. The second-order valence-corrected chi connectivity index (χ2v) is 6.96. The number of carbonyl (C=O) groups is 1. The monoisotopic (exact) mass is 339 g/mol. The van der Waals surface area contributed by atoms with Crippen LogP contribution >= 0.6 is 0 Å². The van der Waals surface area contributed by atoms with Crippen LogP contribution in [0.5, 0.6) is 0 Å². The summed E-state index contributed by atoms with van der Waals surface area (Å²) in [5, 5.41) is 0. The van der Waals surface area contributed by atoms with Gasteiger partial charge in [0.2, 0.25) is 5.91 Å². The third-order valence-electron chi connectivity index (χ3n) is 5.25. The fraction of sp³-hybridized carbons (Fsp3) is 0.400. The number of aromatic nitrogens is 1. The molecule has 1 aromatic heterocycles. The maximum Gasteiger partial charge on any atom is 0.226 e. The molecule has 2 heterocycles. The summed E-state index contributed by atoms with van der Waals surface area (Å²) in [5.74, 6) is 0.385. The molecule has 1 aromatic carbocycles. The maximum atomic E-state index is 13.0. The molecule has 25 heavy (non-hydrogen) atoms. The van der Waals surface area contributed by atoms with Crippen molar-refractivity contribution in [3.05, 3.63) is 65.7 Å². The molecular formula is C20H22FN3O. The van der Waals surface area contributed by atoms with Crippen LogP contribution in [0.2, 0.25) is 0 Å². The molecule has 0 radical (unpaired) electrons. The Bertz CT molecular complexity index is 726. The molecule has 0 spiro atoms. The molecule has 130 valence electrons. The highest BCUT2D eigenvalue weighted by molar-refractivity contribution is 5.83. The van der Waals surface area contributed by atoms with Crippen molar-refractivity contribution in [1.82, 2.24) is 14.8 Å². The van der Waals surface area contributed by atoms with E-state index in [0.717, 1.165) is 44.7 Å². The van der Waals surface area contributed by atoms with E-state index in [0.29, 0.717) is 0 Å². The van der Waals surface area contributed by atoms with E-state index in [4.69, 9.17) is 0 Å². The van der Waals surface area contributed by atoms with Crippen LogP contribution in [0.25, 0.3) is 0 Å². The molecule has 1 aliphatic heterocycles. The SMILES string of the molecule is O=C([C@@H]1C[C@H]1c1ccc(F)cc1)N1CCN(Cc2ccncc2)CC1. The van der Waals surface area contributed by atoms with Gasteiger partial charge >= 0.3 is 0 Å². The Kier molecular flexibility index (Phi) is 4.49. The van der Waals surface area contributed by atoms with Gasteiger partial charge in [-0.25, -0.2) is 4.39 Å². The Morgan fingerprint density at radius 3 is 2.40 bits per heavy atom. The van der Waals surface area contributed by atoms with Crippen molar-refractivity contribution in [3.8, 4) is 0 Å². The lowest BCUT2D eigenvalue weighted by atomic mass is 10.1. The Hall–Kier alpha value is -2.27. The molecule has 2 aliphatic rings. The minimum atomic E-state index is -0.224. The molecule has 1 aliphatic carbocycles. The van der Waals surface area contributed by atoms with Crippen LogP contribution in [0.1, 0.15) is 23.5 Å². The Balaban J connectivity index is 1.28. The van der Waals surface area contributed by atoms with Crippen molar-refractivity contribution in [3.63, 3.8) is 0 Å². The fourth-order valence-electron chi connectivity index (χ4n) is 3.65. The summed E-state index contributed by atoms with van der Waals surface area (Å²) in [5.41, 5.74) is 2.34. The van der Waals surface area contributed by atoms with Crippen molar-refractivity contribution in [2.75, 3.05) is 26.2 Å². The lowest BCUT2D eigenvalue weighted by molar-refractivity contribution is -0.134. The topological polar surface area (TPSA) is 36.4 Å². The molecule has 2 fully saturated rings. The van der Waals surface area contributed by atoms with Crippen LogP contribution in [0, 0.1) is 11.7 Å². The summed E-state index contributed by atoms with van der Waals surface area (Å²) in [6.45, 7) is 4.29. The average Bonchev–Trinajstić information content (AvgIpc) is 3.44. The zero-order valence-corrected chi connectivity index (χ0v) is 14.1. The zero-order valence-electron chi connectivity index (χ0n) is 14.1. The van der Waals surface area contributed by atoms with Gasteiger partial charge in [-0.2, -0.15) is 0 Å². The second-order valence-electron chi connectivity index (χ2n) is 6.96. The Morgan fingerprint density at radius 1 is 1.04 bits per heavy atom. The normalized spacial score (nSPS) is 23.5. The number of amides is 1. The van der Waals surface area contributed by atoms with Gasteiger partial charge in [-0.3, -0.25) is 14.7 Å². The van der Waals surface area contributed by atoms with E-state index < -0.39 is 0 Å². The smallest absolute Gasteiger partial charge is 0.226 e. The number of rotatable bonds is 4. The van der Waals surface area contributed by atoms with Gasteiger partial charge in [0.25, 0.3) is 0 Å². The molecule has 2 aromatic rings. The molecule has 0 N–H and O–H groups in total. The van der Waals surface area contributed by atoms with Gasteiger partial charge in [-0.15, -0.1) is 0 Å². The minimum absolute atomic E-state index is 0.0807. The van der Waals surface area contributed by atoms with Crippen LogP contribution in [0.15, 0.2) is 48.8 Å². The van der Waals surface area contributed by atoms with Gasteiger partial charge < -0.3 is 4.90 Å². The molecule has 4 rings (SSSR count). The van der Waals surface area contributed by atoms with Crippen LogP contribution in [0.4, 0.5) is 4.39 Å². The van der Waals surface area contributed by atoms with Crippen molar-refractivity contribution in [2.24, 2.45) is 5.92 Å². The first-order chi connectivity index (χ1) is 12.2. The number of nitrogens with zero attached hydrogens (tertiary/aromatic N) is 3. The fourth-order valence-corrected chi connectivity index (χ4v) is 3.65. The lowest BCUT2D eigenvalue weighted by Gasteiger charge is -2.35. The Labute approximate surface area is 147 Å². The first-order valence-corrected chi connectivity index (χ1v) is 8.86. The quantitative estimate of drug-likeness (QED) is 0.859. The maximum absolute atomic E-state index is 13.0. The minimum Gasteiger partial charge on any atom is -0.340 e. The third kappa shape index (κ3) is 3.71. The summed E-state index contributed by atoms with van der Waals surface area (Å²) in [6.07, 6.45) is 4.53. The molecule has 1 saturated carbocycles. The van der Waals surface area contributed by atoms with Crippen molar-refractivity contribution >= 4 is 5.91 Å². The molecule has 1 saturated heterocycles. The highest BCUT2D eigenvalue weighted by Gasteiger charge is 2.46. The van der Waals surface area contributed by atoms with Crippen LogP contribution in [-0.2, 0) is 11.3 Å². The first-order valence-electron chi connectivity index (χ1n) is 8.86. The van der Waals surface area contributed by atoms with E-state index in [1.54, 1.807) is 12.1 Å². The molecule has 4 nitrogen and oxygen atoms in total. The molecule has 0 unspecified atom stereocenters. The zero-order chi connectivity index (χ0) is 17.2. The van der Waals surface area contributed by atoms with Gasteiger partial charge in [0.15, 0.2) is 0 Å².